The van der Waals surface area contributed by atoms with Crippen LogP contribution in [0.2, 0.25) is 0 Å². The normalized spacial score (nSPS) is 14.3. The van der Waals surface area contributed by atoms with Crippen LogP contribution in [-0.4, -0.2) is 22.2 Å². The van der Waals surface area contributed by atoms with E-state index in [1.54, 1.807) is 0 Å². The van der Waals surface area contributed by atoms with Crippen LogP contribution in [0.5, 0.6) is 0 Å². The van der Waals surface area contributed by atoms with E-state index in [9.17, 15) is 4.79 Å². The van der Waals surface area contributed by atoms with E-state index in [1.807, 2.05) is 37.3 Å². The summed E-state index contributed by atoms with van der Waals surface area (Å²) in [6.45, 7) is 4.22. The predicted octanol–water partition coefficient (Wildman–Crippen LogP) is 2.49. The van der Waals surface area contributed by atoms with Gasteiger partial charge in [-0.25, -0.2) is 0 Å². The minimum absolute atomic E-state index is 0.0944. The van der Waals surface area contributed by atoms with Crippen molar-refractivity contribution in [1.82, 2.24) is 4.98 Å². The molecular formula is C15H20N2O2. The first-order chi connectivity index (χ1) is 9.08. The lowest BCUT2D eigenvalue weighted by atomic mass is 9.95. The topological polar surface area (TPSA) is 65.1 Å². The number of pyridine rings is 1. The number of aromatic amines is 1. The highest BCUT2D eigenvalue weighted by Crippen LogP contribution is 2.21. The van der Waals surface area contributed by atoms with Crippen molar-refractivity contribution in [3.05, 3.63) is 40.7 Å². The summed E-state index contributed by atoms with van der Waals surface area (Å²) in [7, 11) is 0. The molecule has 0 aliphatic heterocycles. The molecule has 1 unspecified atom stereocenters. The Hall–Kier alpha value is -1.81. The van der Waals surface area contributed by atoms with Crippen LogP contribution >= 0.6 is 0 Å². The van der Waals surface area contributed by atoms with Crippen LogP contribution in [0.4, 0.5) is 5.82 Å². The fourth-order valence-corrected chi connectivity index (χ4v) is 2.18. The van der Waals surface area contributed by atoms with Gasteiger partial charge < -0.3 is 15.4 Å². The number of H-pyrrole nitrogens is 1. The maximum Gasteiger partial charge on any atom is 0.257 e. The third kappa shape index (κ3) is 2.96. The second kappa shape index (κ2) is 5.45. The molecule has 0 aliphatic rings. The molecule has 0 aliphatic carbocycles. The third-order valence-electron chi connectivity index (χ3n) is 3.63. The molecule has 1 aromatic carbocycles. The Labute approximate surface area is 112 Å². The lowest BCUT2D eigenvalue weighted by Crippen LogP contribution is -2.36. The van der Waals surface area contributed by atoms with Gasteiger partial charge in [-0.05, 0) is 37.3 Å². The smallest absolute Gasteiger partial charge is 0.257 e. The van der Waals surface area contributed by atoms with Crippen molar-refractivity contribution in [2.75, 3.05) is 11.9 Å². The molecule has 0 fully saturated rings. The zero-order valence-corrected chi connectivity index (χ0v) is 11.4. The molecule has 0 saturated carbocycles. The Balaban J connectivity index is 2.38. The van der Waals surface area contributed by atoms with Gasteiger partial charge in [0.25, 0.3) is 5.56 Å². The number of nitrogens with one attached hydrogen (secondary N) is 2. The SMILES string of the molecule is CCC(C)(CCO)Nc1cc2ccccc2c(=O)[nH]1. The molecule has 2 rings (SSSR count). The molecule has 2 aromatic rings. The average molecular weight is 260 g/mol. The zero-order valence-electron chi connectivity index (χ0n) is 11.4. The fraction of sp³-hybridized carbons (Fsp3) is 0.400. The minimum Gasteiger partial charge on any atom is -0.396 e. The lowest BCUT2D eigenvalue weighted by Gasteiger charge is -2.30. The molecule has 1 atom stereocenters. The van der Waals surface area contributed by atoms with E-state index in [0.717, 1.165) is 11.8 Å². The number of rotatable bonds is 5. The summed E-state index contributed by atoms with van der Waals surface area (Å²) in [5, 5.41) is 14.1. The monoisotopic (exact) mass is 260 g/mol. The second-order valence-corrected chi connectivity index (χ2v) is 5.11. The number of aliphatic hydroxyl groups is 1. The maximum atomic E-state index is 12.0. The molecule has 19 heavy (non-hydrogen) atoms. The van der Waals surface area contributed by atoms with Gasteiger partial charge in [-0.3, -0.25) is 4.79 Å². The molecule has 0 amide bonds. The predicted molar refractivity (Wildman–Crippen MR) is 78.6 cm³/mol. The van der Waals surface area contributed by atoms with Gasteiger partial charge in [-0.2, -0.15) is 0 Å². The molecule has 4 nitrogen and oxygen atoms in total. The van der Waals surface area contributed by atoms with Crippen molar-refractivity contribution in [3.8, 4) is 0 Å². The largest absolute Gasteiger partial charge is 0.396 e. The Kier molecular flexibility index (Phi) is 3.90. The summed E-state index contributed by atoms with van der Waals surface area (Å²) in [5.74, 6) is 0.696. The number of benzene rings is 1. The Bertz CT molecular complexity index is 621. The Morgan fingerprint density at radius 3 is 2.79 bits per heavy atom. The number of hydrogen-bond donors (Lipinski definition) is 3. The quantitative estimate of drug-likeness (QED) is 0.774. The highest BCUT2D eigenvalue weighted by atomic mass is 16.3. The van der Waals surface area contributed by atoms with Crippen LogP contribution in [0.1, 0.15) is 26.7 Å². The van der Waals surface area contributed by atoms with Gasteiger partial charge in [0.05, 0.1) is 0 Å². The van der Waals surface area contributed by atoms with E-state index in [-0.39, 0.29) is 17.7 Å². The highest BCUT2D eigenvalue weighted by Gasteiger charge is 2.21. The fourth-order valence-electron chi connectivity index (χ4n) is 2.18. The Morgan fingerprint density at radius 2 is 2.11 bits per heavy atom. The number of aromatic nitrogens is 1. The summed E-state index contributed by atoms with van der Waals surface area (Å²) < 4.78 is 0. The van der Waals surface area contributed by atoms with Crippen LogP contribution in [0.3, 0.4) is 0 Å². The molecule has 0 saturated heterocycles. The van der Waals surface area contributed by atoms with Gasteiger partial charge in [0.15, 0.2) is 0 Å². The summed E-state index contributed by atoms with van der Waals surface area (Å²) in [6.07, 6.45) is 1.50. The minimum atomic E-state index is -0.222. The van der Waals surface area contributed by atoms with Gasteiger partial charge in [-0.15, -0.1) is 0 Å². The molecule has 0 spiro atoms. The first-order valence-electron chi connectivity index (χ1n) is 6.59. The van der Waals surface area contributed by atoms with E-state index >= 15 is 0 Å². The summed E-state index contributed by atoms with van der Waals surface area (Å²) in [5.41, 5.74) is -0.316. The van der Waals surface area contributed by atoms with Crippen molar-refractivity contribution in [1.29, 1.82) is 0 Å². The van der Waals surface area contributed by atoms with Gasteiger partial charge in [0.2, 0.25) is 0 Å². The summed E-state index contributed by atoms with van der Waals surface area (Å²) >= 11 is 0. The third-order valence-corrected chi connectivity index (χ3v) is 3.63. The zero-order chi connectivity index (χ0) is 13.9. The molecule has 0 bridgehead atoms. The van der Waals surface area contributed by atoms with Gasteiger partial charge in [-0.1, -0.05) is 25.1 Å². The van der Waals surface area contributed by atoms with E-state index in [0.29, 0.717) is 17.6 Å². The van der Waals surface area contributed by atoms with Crippen molar-refractivity contribution in [2.45, 2.75) is 32.2 Å². The maximum absolute atomic E-state index is 12.0. The molecular weight excluding hydrogens is 240 g/mol. The number of anilines is 1. The van der Waals surface area contributed by atoms with E-state index in [4.69, 9.17) is 5.11 Å². The average Bonchev–Trinajstić information content (AvgIpc) is 2.39. The molecule has 102 valence electrons. The number of hydrogen-bond acceptors (Lipinski definition) is 3. The van der Waals surface area contributed by atoms with Crippen molar-refractivity contribution >= 4 is 16.6 Å². The van der Waals surface area contributed by atoms with Crippen LogP contribution in [-0.2, 0) is 0 Å². The Morgan fingerprint density at radius 1 is 1.37 bits per heavy atom. The van der Waals surface area contributed by atoms with Crippen LogP contribution in [0, 0.1) is 0 Å². The molecule has 0 radical (unpaired) electrons. The second-order valence-electron chi connectivity index (χ2n) is 5.11. The lowest BCUT2D eigenvalue weighted by molar-refractivity contribution is 0.252. The van der Waals surface area contributed by atoms with E-state index in [1.165, 1.54) is 0 Å². The molecule has 1 heterocycles. The van der Waals surface area contributed by atoms with Crippen LogP contribution in [0.25, 0.3) is 10.8 Å². The van der Waals surface area contributed by atoms with Gasteiger partial charge in [0, 0.05) is 17.5 Å². The number of aliphatic hydroxyl groups excluding tert-OH is 1. The molecule has 1 aromatic heterocycles. The van der Waals surface area contributed by atoms with Crippen molar-refractivity contribution < 1.29 is 5.11 Å². The van der Waals surface area contributed by atoms with Crippen LogP contribution < -0.4 is 10.9 Å². The summed E-state index contributed by atoms with van der Waals surface area (Å²) in [4.78, 5) is 14.8. The molecule has 3 N–H and O–H groups in total. The van der Waals surface area contributed by atoms with Crippen molar-refractivity contribution in [2.24, 2.45) is 0 Å². The van der Waals surface area contributed by atoms with Gasteiger partial charge >= 0.3 is 0 Å². The molecule has 4 heteroatoms. The van der Waals surface area contributed by atoms with Crippen molar-refractivity contribution in [3.63, 3.8) is 0 Å². The van der Waals surface area contributed by atoms with E-state index < -0.39 is 0 Å². The van der Waals surface area contributed by atoms with Gasteiger partial charge in [0.1, 0.15) is 5.82 Å². The first-order valence-corrected chi connectivity index (χ1v) is 6.59. The summed E-state index contributed by atoms with van der Waals surface area (Å²) in [6, 6.07) is 9.43. The van der Waals surface area contributed by atoms with E-state index in [2.05, 4.69) is 17.2 Å². The highest BCUT2D eigenvalue weighted by molar-refractivity contribution is 5.83. The van der Waals surface area contributed by atoms with Crippen LogP contribution in [0.15, 0.2) is 35.1 Å². The first kappa shape index (κ1) is 13.6. The number of fused-ring (bicyclic) bond motifs is 1. The standard InChI is InChI=1S/C15H20N2O2/c1-3-15(2,8-9-18)17-13-10-11-6-4-5-7-12(11)14(19)16-13/h4-7,10,18H,3,8-9H2,1-2H3,(H2,16,17,19).